The maximum Gasteiger partial charge on any atom is 0.305 e. The molecule has 1 fully saturated rings. The second-order valence-electron chi connectivity index (χ2n) is 2.59. The van der Waals surface area contributed by atoms with Crippen molar-refractivity contribution in [2.24, 2.45) is 0 Å². The zero-order chi connectivity index (χ0) is 9.14. The van der Waals surface area contributed by atoms with Gasteiger partial charge in [0.2, 0.25) is 5.91 Å². The first kappa shape index (κ1) is 9.32. The summed E-state index contributed by atoms with van der Waals surface area (Å²) in [6, 6.07) is 0. The molecule has 1 atom stereocenters. The summed E-state index contributed by atoms with van der Waals surface area (Å²) < 4.78 is 4.64. The van der Waals surface area contributed by atoms with Gasteiger partial charge in [0, 0.05) is 19.9 Å². The van der Waals surface area contributed by atoms with Crippen LogP contribution >= 0.6 is 11.6 Å². The highest BCUT2D eigenvalue weighted by Crippen LogP contribution is 2.16. The molecule has 0 saturated carbocycles. The van der Waals surface area contributed by atoms with E-state index in [4.69, 9.17) is 11.6 Å². The fourth-order valence-electron chi connectivity index (χ4n) is 1.08. The topological polar surface area (TPSA) is 46.6 Å². The van der Waals surface area contributed by atoms with Crippen LogP contribution in [0.15, 0.2) is 0 Å². The minimum absolute atomic E-state index is 0.0590. The summed E-state index contributed by atoms with van der Waals surface area (Å²) in [5.41, 5.74) is -0.933. The van der Waals surface area contributed by atoms with Gasteiger partial charge in [0.05, 0.1) is 0 Å². The minimum Gasteiger partial charge on any atom is -0.427 e. The van der Waals surface area contributed by atoms with Crippen LogP contribution in [0, 0.1) is 0 Å². The Hall–Kier alpha value is -0.770. The van der Waals surface area contributed by atoms with E-state index in [-0.39, 0.29) is 5.91 Å². The van der Waals surface area contributed by atoms with Gasteiger partial charge in [0.15, 0.2) is 0 Å². The normalized spacial score (nSPS) is 19.5. The highest BCUT2D eigenvalue weighted by atomic mass is 35.5. The molecule has 0 spiro atoms. The van der Waals surface area contributed by atoms with Gasteiger partial charge < -0.3 is 4.74 Å². The quantitative estimate of drug-likeness (QED) is 0.367. The van der Waals surface area contributed by atoms with Crippen molar-refractivity contribution in [2.75, 3.05) is 6.54 Å². The molecule has 1 amide bonds. The number of likely N-dealkylation sites (tertiary alicyclic amines) is 1. The number of rotatable bonds is 2. The van der Waals surface area contributed by atoms with Crippen LogP contribution in [-0.4, -0.2) is 29.0 Å². The number of hydrogen-bond acceptors (Lipinski definition) is 3. The summed E-state index contributed by atoms with van der Waals surface area (Å²) in [6.07, 6.45) is 1.27. The zero-order valence-electron chi connectivity index (χ0n) is 6.75. The average Bonchev–Trinajstić information content (AvgIpc) is 2.33. The van der Waals surface area contributed by atoms with Gasteiger partial charge >= 0.3 is 5.97 Å². The van der Waals surface area contributed by atoms with E-state index in [1.54, 1.807) is 0 Å². The zero-order valence-corrected chi connectivity index (χ0v) is 7.50. The number of alkyl halides is 1. The molecule has 0 bridgehead atoms. The van der Waals surface area contributed by atoms with Crippen LogP contribution in [0.4, 0.5) is 0 Å². The smallest absolute Gasteiger partial charge is 0.305 e. The van der Waals surface area contributed by atoms with E-state index in [9.17, 15) is 9.59 Å². The van der Waals surface area contributed by atoms with Gasteiger partial charge in [0.1, 0.15) is 0 Å². The highest BCUT2D eigenvalue weighted by molar-refractivity contribution is 6.20. The summed E-state index contributed by atoms with van der Waals surface area (Å²) in [5.74, 6) is -0.536. The minimum atomic E-state index is -0.933. The summed E-state index contributed by atoms with van der Waals surface area (Å²) >= 11 is 5.64. The number of nitrogens with zero attached hydrogens (tertiary/aromatic N) is 1. The molecule has 1 aliphatic heterocycles. The first-order valence-electron chi connectivity index (χ1n) is 3.72. The maximum atomic E-state index is 11.0. The van der Waals surface area contributed by atoms with Crippen molar-refractivity contribution in [3.8, 4) is 0 Å². The van der Waals surface area contributed by atoms with Crippen LogP contribution in [0.5, 0.6) is 0 Å². The van der Waals surface area contributed by atoms with Gasteiger partial charge in [-0.1, -0.05) is 11.6 Å². The molecule has 68 valence electrons. The third-order valence-corrected chi connectivity index (χ3v) is 1.94. The number of esters is 1. The second-order valence-corrected chi connectivity index (χ2v) is 2.97. The first-order chi connectivity index (χ1) is 5.61. The Labute approximate surface area is 75.4 Å². The van der Waals surface area contributed by atoms with E-state index in [0.717, 1.165) is 6.42 Å². The molecule has 5 heteroatoms. The monoisotopic (exact) mass is 191 g/mol. The number of hydrogen-bond donors (Lipinski definition) is 0. The molecule has 1 aliphatic rings. The number of halogens is 1. The molecule has 0 radical (unpaired) electrons. The lowest BCUT2D eigenvalue weighted by atomic mass is 10.4. The second kappa shape index (κ2) is 3.76. The predicted octanol–water partition coefficient (Wildman–Crippen LogP) is 0.694. The van der Waals surface area contributed by atoms with Crippen molar-refractivity contribution in [1.82, 2.24) is 4.90 Å². The molecule has 12 heavy (non-hydrogen) atoms. The average molecular weight is 192 g/mol. The Bertz CT molecular complexity index is 207. The van der Waals surface area contributed by atoms with Crippen LogP contribution < -0.4 is 0 Å². The Kier molecular flexibility index (Phi) is 2.92. The molecule has 4 nitrogen and oxygen atoms in total. The molecule has 1 rings (SSSR count). The standard InChI is InChI=1S/C7H10ClNO3/c1-5(10)12-7(8)9-4-2-3-6(9)11/h7H,2-4H2,1H3. The lowest BCUT2D eigenvalue weighted by molar-refractivity contribution is -0.152. The first-order valence-corrected chi connectivity index (χ1v) is 4.15. The lowest BCUT2D eigenvalue weighted by Gasteiger charge is -2.20. The molecule has 1 heterocycles. The van der Waals surface area contributed by atoms with Crippen molar-refractivity contribution < 1.29 is 14.3 Å². The third-order valence-electron chi connectivity index (χ3n) is 1.62. The van der Waals surface area contributed by atoms with Crippen LogP contribution in [0.25, 0.3) is 0 Å². The highest BCUT2D eigenvalue weighted by Gasteiger charge is 2.27. The Morgan fingerprint density at radius 2 is 2.42 bits per heavy atom. The molecule has 1 unspecified atom stereocenters. The molecule has 0 aliphatic carbocycles. The summed E-state index contributed by atoms with van der Waals surface area (Å²) in [4.78, 5) is 22.9. The fraction of sp³-hybridized carbons (Fsp3) is 0.714. The van der Waals surface area contributed by atoms with Crippen molar-refractivity contribution in [2.45, 2.75) is 25.5 Å². The SMILES string of the molecule is CC(=O)OC(Cl)N1CCCC1=O. The summed E-state index contributed by atoms with van der Waals surface area (Å²) in [5, 5.41) is 0. The maximum absolute atomic E-state index is 11.0. The van der Waals surface area contributed by atoms with Crippen LogP contribution in [0.3, 0.4) is 0 Å². The van der Waals surface area contributed by atoms with Gasteiger partial charge in [-0.05, 0) is 6.42 Å². The predicted molar refractivity (Wildman–Crippen MR) is 42.4 cm³/mol. The van der Waals surface area contributed by atoms with Gasteiger partial charge in [-0.15, -0.1) is 0 Å². The Balaban J connectivity index is 2.45. The number of ether oxygens (including phenoxy) is 1. The van der Waals surface area contributed by atoms with E-state index < -0.39 is 11.7 Å². The van der Waals surface area contributed by atoms with Crippen LogP contribution in [-0.2, 0) is 14.3 Å². The van der Waals surface area contributed by atoms with E-state index in [1.165, 1.54) is 11.8 Å². The molecule has 0 aromatic carbocycles. The molecule has 1 saturated heterocycles. The van der Waals surface area contributed by atoms with Crippen LogP contribution in [0.1, 0.15) is 19.8 Å². The fourth-order valence-corrected chi connectivity index (χ4v) is 1.42. The Morgan fingerprint density at radius 1 is 1.75 bits per heavy atom. The van der Waals surface area contributed by atoms with Gasteiger partial charge in [0.25, 0.3) is 5.69 Å². The van der Waals surface area contributed by atoms with E-state index in [0.29, 0.717) is 13.0 Å². The summed E-state index contributed by atoms with van der Waals surface area (Å²) in [7, 11) is 0. The van der Waals surface area contributed by atoms with E-state index in [2.05, 4.69) is 4.74 Å². The lowest BCUT2D eigenvalue weighted by Crippen LogP contribution is -2.35. The van der Waals surface area contributed by atoms with E-state index >= 15 is 0 Å². The molecule has 0 aromatic rings. The van der Waals surface area contributed by atoms with Crippen molar-refractivity contribution >= 4 is 23.5 Å². The number of carbonyl (C=O) groups excluding carboxylic acids is 2. The molecule has 0 aromatic heterocycles. The van der Waals surface area contributed by atoms with Crippen molar-refractivity contribution in [3.63, 3.8) is 0 Å². The number of amides is 1. The van der Waals surface area contributed by atoms with Gasteiger partial charge in [-0.25, -0.2) is 0 Å². The largest absolute Gasteiger partial charge is 0.427 e. The molecule has 0 N–H and O–H groups in total. The van der Waals surface area contributed by atoms with Crippen LogP contribution in [0.2, 0.25) is 0 Å². The van der Waals surface area contributed by atoms with E-state index in [1.807, 2.05) is 0 Å². The third kappa shape index (κ3) is 2.11. The summed E-state index contributed by atoms with van der Waals surface area (Å²) in [6.45, 7) is 1.83. The number of carbonyl (C=O) groups is 2. The van der Waals surface area contributed by atoms with Crippen molar-refractivity contribution in [1.29, 1.82) is 0 Å². The molecular weight excluding hydrogens is 182 g/mol. The molecular formula is C7H10ClNO3. The Morgan fingerprint density at radius 3 is 2.83 bits per heavy atom. The van der Waals surface area contributed by atoms with Gasteiger partial charge in [-0.3, -0.25) is 14.5 Å². The van der Waals surface area contributed by atoms with Crippen molar-refractivity contribution in [3.05, 3.63) is 0 Å². The van der Waals surface area contributed by atoms with Gasteiger partial charge in [-0.2, -0.15) is 0 Å².